The molecule has 328 valence electrons. The van der Waals surface area contributed by atoms with Crippen LogP contribution >= 0.6 is 0 Å². The summed E-state index contributed by atoms with van der Waals surface area (Å²) in [7, 11) is 0. The number of esters is 4. The maximum Gasteiger partial charge on any atom is 0.308 e. The van der Waals surface area contributed by atoms with E-state index >= 15 is 0 Å². The van der Waals surface area contributed by atoms with E-state index in [1.807, 2.05) is 32.9 Å². The largest absolute Gasteiger partial charge is 0.489 e. The van der Waals surface area contributed by atoms with E-state index in [1.165, 1.54) is 39.8 Å². The number of unbranched alkanes of at least 4 members (excludes halogenated alkanes) is 2. The first kappa shape index (κ1) is 47.7. The van der Waals surface area contributed by atoms with Crippen molar-refractivity contribution in [3.05, 3.63) is 65.2 Å². The Morgan fingerprint density at radius 3 is 1.33 bits per heavy atom. The first-order valence-corrected chi connectivity index (χ1v) is 20.4. The van der Waals surface area contributed by atoms with Gasteiger partial charge in [-0.1, -0.05) is 44.4 Å². The number of aromatic nitrogens is 3. The Hall–Kier alpha value is -5.93. The quantitative estimate of drug-likeness (QED) is 0.0399. The normalized spacial score (nSPS) is 12.0. The van der Waals surface area contributed by atoms with Gasteiger partial charge in [0.2, 0.25) is 0 Å². The Bertz CT molecular complexity index is 2000. The average Bonchev–Trinajstić information content (AvgIpc) is 3.18. The molecule has 0 aliphatic heterocycles. The molecular formula is C46H57N3O12. The molecule has 0 saturated heterocycles. The summed E-state index contributed by atoms with van der Waals surface area (Å²) in [6.07, 6.45) is 2.29. The number of carbonyl (C=O) groups excluding carboxylic acids is 4. The lowest BCUT2D eigenvalue weighted by Gasteiger charge is -2.19. The van der Waals surface area contributed by atoms with E-state index in [2.05, 4.69) is 13.8 Å². The van der Waals surface area contributed by atoms with Crippen molar-refractivity contribution in [3.63, 3.8) is 0 Å². The third-order valence-electron chi connectivity index (χ3n) is 8.86. The molecule has 3 aromatic carbocycles. The maximum absolute atomic E-state index is 12.5. The van der Waals surface area contributed by atoms with Gasteiger partial charge < -0.3 is 37.9 Å². The Balaban J connectivity index is 1.80. The highest BCUT2D eigenvalue weighted by Crippen LogP contribution is 2.38. The smallest absolute Gasteiger partial charge is 0.308 e. The first-order valence-electron chi connectivity index (χ1n) is 20.4. The average molecular weight is 844 g/mol. The van der Waals surface area contributed by atoms with Crippen LogP contribution in [0.4, 0.5) is 0 Å². The van der Waals surface area contributed by atoms with E-state index in [-0.39, 0.29) is 49.6 Å². The minimum absolute atomic E-state index is 0.0215. The van der Waals surface area contributed by atoms with Gasteiger partial charge in [0.15, 0.2) is 29.7 Å². The van der Waals surface area contributed by atoms with Gasteiger partial charge >= 0.3 is 23.9 Å². The summed E-state index contributed by atoms with van der Waals surface area (Å²) in [6.45, 7) is 16.5. The molecule has 0 aliphatic rings. The highest BCUT2D eigenvalue weighted by Gasteiger charge is 2.23. The topological polar surface area (TPSA) is 181 Å². The Morgan fingerprint density at radius 1 is 0.541 bits per heavy atom. The fourth-order valence-corrected chi connectivity index (χ4v) is 6.30. The number of ether oxygens (including phenoxy) is 8. The number of carbonyl (C=O) groups is 4. The second-order valence-corrected chi connectivity index (χ2v) is 14.5. The van der Waals surface area contributed by atoms with Crippen molar-refractivity contribution in [2.24, 2.45) is 0 Å². The number of benzene rings is 3. The molecule has 61 heavy (non-hydrogen) atoms. The SMILES string of the molecule is CCCCOCC(COc1ccc(-c2nc(-c3ccc(OCC(COCCCC)OC(C)=O)cc3OC(C)=O)nc(-c3c(C)cc(C)cc3C)n2)c(OC(C)=O)c1)OC(C)=O. The molecule has 2 atom stereocenters. The van der Waals surface area contributed by atoms with Crippen molar-refractivity contribution in [2.75, 3.05) is 39.6 Å². The van der Waals surface area contributed by atoms with Gasteiger partial charge in [-0.3, -0.25) is 19.2 Å². The highest BCUT2D eigenvalue weighted by molar-refractivity contribution is 5.79. The number of hydrogen-bond donors (Lipinski definition) is 0. The van der Waals surface area contributed by atoms with Crippen LogP contribution in [0.25, 0.3) is 34.2 Å². The molecule has 1 heterocycles. The molecule has 0 aliphatic carbocycles. The summed E-state index contributed by atoms with van der Waals surface area (Å²) in [5.74, 6) is -0.707. The van der Waals surface area contributed by atoms with Crippen molar-refractivity contribution in [1.82, 2.24) is 15.0 Å². The molecule has 15 heteroatoms. The molecule has 0 N–H and O–H groups in total. The van der Waals surface area contributed by atoms with E-state index < -0.39 is 36.1 Å². The lowest BCUT2D eigenvalue weighted by atomic mass is 9.99. The van der Waals surface area contributed by atoms with Crippen LogP contribution < -0.4 is 18.9 Å². The highest BCUT2D eigenvalue weighted by atomic mass is 16.6. The molecule has 0 fully saturated rings. The van der Waals surface area contributed by atoms with E-state index in [9.17, 15) is 19.2 Å². The standard InChI is InChI=1S/C46H57N3O12/c1-10-12-18-54-24-37(58-31(6)50)26-56-35-14-16-39(41(22-35)60-33(8)52)44-47-45(49-46(48-44)43-29(4)20-28(3)21-30(43)5)40-17-15-36(23-42(40)61-34(9)53)57-27-38(59-32(7)51)25-55-19-13-11-2/h14-17,20-23,37-38H,10-13,18-19,24-27H2,1-9H3. The van der Waals surface area contributed by atoms with Crippen LogP contribution in [0.1, 0.15) is 83.9 Å². The second-order valence-electron chi connectivity index (χ2n) is 14.5. The van der Waals surface area contributed by atoms with Crippen LogP contribution in [0.2, 0.25) is 0 Å². The van der Waals surface area contributed by atoms with Gasteiger partial charge in [-0.15, -0.1) is 0 Å². The van der Waals surface area contributed by atoms with E-state index in [0.717, 1.165) is 47.9 Å². The predicted molar refractivity (Wildman–Crippen MR) is 227 cm³/mol. The fourth-order valence-electron chi connectivity index (χ4n) is 6.30. The molecule has 0 spiro atoms. The van der Waals surface area contributed by atoms with Gasteiger partial charge in [-0.2, -0.15) is 0 Å². The van der Waals surface area contributed by atoms with Crippen LogP contribution in [0, 0.1) is 20.8 Å². The van der Waals surface area contributed by atoms with Crippen molar-refractivity contribution in [2.45, 2.75) is 100 Å². The summed E-state index contributed by atoms with van der Waals surface area (Å²) in [5.41, 5.74) is 4.31. The molecule has 0 amide bonds. The van der Waals surface area contributed by atoms with Crippen LogP contribution in [0.15, 0.2) is 48.5 Å². The van der Waals surface area contributed by atoms with Crippen LogP contribution in [-0.4, -0.2) is 90.7 Å². The van der Waals surface area contributed by atoms with Gasteiger partial charge in [0, 0.05) is 58.6 Å². The molecular weight excluding hydrogens is 787 g/mol. The van der Waals surface area contributed by atoms with Crippen molar-refractivity contribution in [1.29, 1.82) is 0 Å². The first-order chi connectivity index (χ1) is 29.2. The molecule has 15 nitrogen and oxygen atoms in total. The zero-order valence-electron chi connectivity index (χ0n) is 36.6. The molecule has 4 rings (SSSR count). The molecule has 2 unspecified atom stereocenters. The summed E-state index contributed by atoms with van der Waals surface area (Å²) in [4.78, 5) is 63.3. The third-order valence-corrected chi connectivity index (χ3v) is 8.86. The zero-order chi connectivity index (χ0) is 44.5. The van der Waals surface area contributed by atoms with Crippen molar-refractivity contribution in [3.8, 4) is 57.2 Å². The summed E-state index contributed by atoms with van der Waals surface area (Å²) >= 11 is 0. The molecule has 0 saturated carbocycles. The Kier molecular flexibility index (Phi) is 18.6. The van der Waals surface area contributed by atoms with E-state index in [0.29, 0.717) is 41.7 Å². The van der Waals surface area contributed by atoms with Crippen LogP contribution in [0.3, 0.4) is 0 Å². The number of aryl methyl sites for hydroxylation is 3. The van der Waals surface area contributed by atoms with Gasteiger partial charge in [-0.05, 0) is 69.0 Å². The molecule has 4 aromatic rings. The van der Waals surface area contributed by atoms with Crippen molar-refractivity contribution >= 4 is 23.9 Å². The predicted octanol–water partition coefficient (Wildman–Crippen LogP) is 7.90. The van der Waals surface area contributed by atoms with Gasteiger partial charge in [-0.25, -0.2) is 15.0 Å². The molecule has 0 radical (unpaired) electrons. The number of hydrogen-bond acceptors (Lipinski definition) is 15. The lowest BCUT2D eigenvalue weighted by molar-refractivity contribution is -0.152. The number of nitrogens with zero attached hydrogens (tertiary/aromatic N) is 3. The lowest BCUT2D eigenvalue weighted by Crippen LogP contribution is -2.29. The fraction of sp³-hybridized carbons (Fsp3) is 0.457. The van der Waals surface area contributed by atoms with Gasteiger partial charge in [0.05, 0.1) is 24.3 Å². The minimum Gasteiger partial charge on any atom is -0.489 e. The minimum atomic E-state index is -0.677. The summed E-state index contributed by atoms with van der Waals surface area (Å²) in [6, 6.07) is 13.7. The maximum atomic E-state index is 12.5. The molecule has 0 bridgehead atoms. The van der Waals surface area contributed by atoms with Crippen LogP contribution in [0.5, 0.6) is 23.0 Å². The number of rotatable bonds is 23. The Morgan fingerprint density at radius 2 is 0.951 bits per heavy atom. The van der Waals surface area contributed by atoms with Crippen LogP contribution in [-0.2, 0) is 38.1 Å². The van der Waals surface area contributed by atoms with Gasteiger partial charge in [0.1, 0.15) is 36.2 Å². The van der Waals surface area contributed by atoms with Crippen molar-refractivity contribution < 1.29 is 57.1 Å². The Labute approximate surface area is 357 Å². The van der Waals surface area contributed by atoms with E-state index in [1.54, 1.807) is 24.3 Å². The second kappa shape index (κ2) is 23.8. The van der Waals surface area contributed by atoms with Gasteiger partial charge in [0.25, 0.3) is 0 Å². The summed E-state index contributed by atoms with van der Waals surface area (Å²) in [5, 5.41) is 0. The molecule has 1 aromatic heterocycles. The summed E-state index contributed by atoms with van der Waals surface area (Å²) < 4.78 is 45.6. The zero-order valence-corrected chi connectivity index (χ0v) is 36.6. The third kappa shape index (κ3) is 15.2. The van der Waals surface area contributed by atoms with E-state index in [4.69, 9.17) is 52.8 Å². The monoisotopic (exact) mass is 843 g/mol.